The summed E-state index contributed by atoms with van der Waals surface area (Å²) >= 11 is 8.60. The quantitative estimate of drug-likeness (QED) is 0.785. The summed E-state index contributed by atoms with van der Waals surface area (Å²) < 4.78 is 0.988. The topological polar surface area (TPSA) is 38.0 Å². The molecule has 0 atom stereocenters. The van der Waals surface area contributed by atoms with Gasteiger partial charge in [0.25, 0.3) is 0 Å². The maximum atomic E-state index is 5.79. The second-order valence-corrected chi connectivity index (χ2v) is 6.31. The summed E-state index contributed by atoms with van der Waals surface area (Å²) in [7, 11) is 0. The molecule has 2 rings (SSSR count). The Balaban J connectivity index is 2.50. The van der Waals surface area contributed by atoms with Gasteiger partial charge in [-0.25, -0.2) is 0 Å². The fourth-order valence-electron chi connectivity index (χ4n) is 2.35. The van der Waals surface area contributed by atoms with E-state index < -0.39 is 0 Å². The number of hydrogen-bond acceptors (Lipinski definition) is 2. The lowest BCUT2D eigenvalue weighted by atomic mass is 10.0. The van der Waals surface area contributed by atoms with Crippen LogP contribution < -0.4 is 11.1 Å². The van der Waals surface area contributed by atoms with Gasteiger partial charge >= 0.3 is 0 Å². The number of nitrogens with two attached hydrogens (primary N) is 1. The van der Waals surface area contributed by atoms with Gasteiger partial charge in [0.2, 0.25) is 0 Å². The Morgan fingerprint density at radius 3 is 2.25 bits per heavy atom. The molecule has 0 unspecified atom stereocenters. The Morgan fingerprint density at radius 1 is 1.10 bits per heavy atom. The predicted molar refractivity (Wildman–Crippen MR) is 94.0 cm³/mol. The third-order valence-electron chi connectivity index (χ3n) is 3.18. The molecular formula is C16H17BrN2S. The maximum Gasteiger partial charge on any atom is 0.106 e. The second-order valence-electron chi connectivity index (χ2n) is 4.95. The van der Waals surface area contributed by atoms with Crippen LogP contribution in [0.5, 0.6) is 0 Å². The van der Waals surface area contributed by atoms with Gasteiger partial charge in [0.05, 0.1) is 0 Å². The van der Waals surface area contributed by atoms with E-state index in [9.17, 15) is 0 Å². The van der Waals surface area contributed by atoms with Crippen LogP contribution in [0.15, 0.2) is 34.8 Å². The highest BCUT2D eigenvalue weighted by atomic mass is 79.9. The van der Waals surface area contributed by atoms with Crippen LogP contribution in [0, 0.1) is 20.8 Å². The van der Waals surface area contributed by atoms with Gasteiger partial charge in [-0.05, 0) is 50.1 Å². The average Bonchev–Trinajstić information content (AvgIpc) is 2.33. The third-order valence-corrected chi connectivity index (χ3v) is 3.90. The van der Waals surface area contributed by atoms with Gasteiger partial charge in [-0.2, -0.15) is 0 Å². The molecule has 0 aliphatic carbocycles. The minimum atomic E-state index is 0.391. The number of thiocarbonyl (C=S) groups is 1. The molecule has 2 aromatic carbocycles. The van der Waals surface area contributed by atoms with Gasteiger partial charge < -0.3 is 11.1 Å². The van der Waals surface area contributed by atoms with Crippen molar-refractivity contribution in [2.24, 2.45) is 5.73 Å². The molecule has 3 N–H and O–H groups in total. The average molecular weight is 349 g/mol. The van der Waals surface area contributed by atoms with E-state index in [1.165, 1.54) is 16.7 Å². The number of anilines is 2. The Labute approximate surface area is 133 Å². The third kappa shape index (κ3) is 3.19. The lowest BCUT2D eigenvalue weighted by Crippen LogP contribution is -2.12. The van der Waals surface area contributed by atoms with Crippen molar-refractivity contribution >= 4 is 44.5 Å². The van der Waals surface area contributed by atoms with Crippen molar-refractivity contribution < 1.29 is 0 Å². The van der Waals surface area contributed by atoms with E-state index in [-0.39, 0.29) is 0 Å². The van der Waals surface area contributed by atoms with E-state index in [4.69, 9.17) is 18.0 Å². The Hall–Kier alpha value is -1.39. The highest BCUT2D eigenvalue weighted by Gasteiger charge is 2.09. The molecule has 0 spiro atoms. The summed E-state index contributed by atoms with van der Waals surface area (Å²) in [5.74, 6) is 0. The lowest BCUT2D eigenvalue weighted by molar-refractivity contribution is 1.31. The first-order chi connectivity index (χ1) is 9.38. The molecule has 2 nitrogen and oxygen atoms in total. The summed E-state index contributed by atoms with van der Waals surface area (Å²) in [6.07, 6.45) is 0. The first-order valence-electron chi connectivity index (χ1n) is 6.32. The fraction of sp³-hybridized carbons (Fsp3) is 0.188. The largest absolute Gasteiger partial charge is 0.389 e. The van der Waals surface area contributed by atoms with E-state index in [0.29, 0.717) is 4.99 Å². The van der Waals surface area contributed by atoms with Crippen LogP contribution in [0.25, 0.3) is 0 Å². The maximum absolute atomic E-state index is 5.79. The van der Waals surface area contributed by atoms with Crippen molar-refractivity contribution in [3.05, 3.63) is 57.1 Å². The molecule has 0 saturated heterocycles. The van der Waals surface area contributed by atoms with E-state index in [2.05, 4.69) is 54.2 Å². The molecule has 2 aromatic rings. The van der Waals surface area contributed by atoms with E-state index in [1.54, 1.807) is 0 Å². The van der Waals surface area contributed by atoms with Crippen molar-refractivity contribution in [1.82, 2.24) is 0 Å². The molecule has 104 valence electrons. The highest BCUT2D eigenvalue weighted by Crippen LogP contribution is 2.29. The van der Waals surface area contributed by atoms with E-state index in [1.807, 2.05) is 18.2 Å². The standard InChI is InChI=1S/C16H17BrN2S/c1-9-6-10(2)15(11(3)7-9)19-14-8-12(17)4-5-13(14)16(18)20/h4-8,19H,1-3H3,(H2,18,20). The van der Waals surface area contributed by atoms with Gasteiger partial charge in [-0.3, -0.25) is 0 Å². The van der Waals surface area contributed by atoms with Gasteiger partial charge in [0.15, 0.2) is 0 Å². The molecule has 0 fully saturated rings. The van der Waals surface area contributed by atoms with Crippen molar-refractivity contribution in [1.29, 1.82) is 0 Å². The highest BCUT2D eigenvalue weighted by molar-refractivity contribution is 9.10. The number of aryl methyl sites for hydroxylation is 3. The van der Waals surface area contributed by atoms with Crippen molar-refractivity contribution in [2.75, 3.05) is 5.32 Å². The van der Waals surface area contributed by atoms with Crippen LogP contribution in [-0.4, -0.2) is 4.99 Å². The summed E-state index contributed by atoms with van der Waals surface area (Å²) in [5, 5.41) is 3.46. The number of hydrogen-bond donors (Lipinski definition) is 2. The monoisotopic (exact) mass is 348 g/mol. The zero-order chi connectivity index (χ0) is 14.9. The molecule has 20 heavy (non-hydrogen) atoms. The molecule has 0 aromatic heterocycles. The first-order valence-corrected chi connectivity index (χ1v) is 7.53. The molecular weight excluding hydrogens is 332 g/mol. The molecule has 4 heteroatoms. The minimum absolute atomic E-state index is 0.391. The first kappa shape index (κ1) is 15.0. The number of rotatable bonds is 3. The molecule has 0 saturated carbocycles. The van der Waals surface area contributed by atoms with Crippen LogP contribution in [0.1, 0.15) is 22.3 Å². The van der Waals surface area contributed by atoms with Crippen LogP contribution in [0.4, 0.5) is 11.4 Å². The minimum Gasteiger partial charge on any atom is -0.389 e. The van der Waals surface area contributed by atoms with Crippen LogP contribution in [-0.2, 0) is 0 Å². The summed E-state index contributed by atoms with van der Waals surface area (Å²) in [6.45, 7) is 6.30. The second kappa shape index (κ2) is 5.94. The zero-order valence-electron chi connectivity index (χ0n) is 11.8. The summed E-state index contributed by atoms with van der Waals surface area (Å²) in [4.78, 5) is 0.391. The summed E-state index contributed by atoms with van der Waals surface area (Å²) in [6, 6.07) is 10.2. The van der Waals surface area contributed by atoms with Crippen molar-refractivity contribution in [3.8, 4) is 0 Å². The van der Waals surface area contributed by atoms with Crippen molar-refractivity contribution in [3.63, 3.8) is 0 Å². The summed E-state index contributed by atoms with van der Waals surface area (Å²) in [5.41, 5.74) is 12.3. The van der Waals surface area contributed by atoms with Gasteiger partial charge in [0.1, 0.15) is 4.99 Å². The van der Waals surface area contributed by atoms with Gasteiger partial charge in [0, 0.05) is 21.4 Å². The van der Waals surface area contributed by atoms with Gasteiger partial charge in [-0.15, -0.1) is 0 Å². The lowest BCUT2D eigenvalue weighted by Gasteiger charge is -2.16. The van der Waals surface area contributed by atoms with Gasteiger partial charge in [-0.1, -0.05) is 45.8 Å². The normalized spacial score (nSPS) is 10.4. The van der Waals surface area contributed by atoms with Crippen LogP contribution in [0.3, 0.4) is 0 Å². The molecule has 0 heterocycles. The molecule has 0 aliphatic rings. The van der Waals surface area contributed by atoms with Crippen LogP contribution >= 0.6 is 28.1 Å². The van der Waals surface area contributed by atoms with Crippen LogP contribution in [0.2, 0.25) is 0 Å². The Bertz CT molecular complexity index is 657. The molecule has 0 aliphatic heterocycles. The molecule has 0 amide bonds. The predicted octanol–water partition coefficient (Wildman–Crippen LogP) is 4.75. The van der Waals surface area contributed by atoms with E-state index >= 15 is 0 Å². The number of benzene rings is 2. The molecule has 0 radical (unpaired) electrons. The SMILES string of the molecule is Cc1cc(C)c(Nc2cc(Br)ccc2C(N)=S)c(C)c1. The smallest absolute Gasteiger partial charge is 0.106 e. The molecule has 0 bridgehead atoms. The number of nitrogens with one attached hydrogen (secondary N) is 1. The fourth-order valence-corrected chi connectivity index (χ4v) is 2.89. The van der Waals surface area contributed by atoms with Crippen molar-refractivity contribution in [2.45, 2.75) is 20.8 Å². The zero-order valence-corrected chi connectivity index (χ0v) is 14.2. The Kier molecular flexibility index (Phi) is 4.45. The van der Waals surface area contributed by atoms with E-state index in [0.717, 1.165) is 21.4 Å². The Morgan fingerprint density at radius 2 is 1.70 bits per heavy atom. The number of halogens is 1.